The molecular formula is C16H22N2O2. The second-order valence-electron chi connectivity index (χ2n) is 5.74. The Balaban J connectivity index is 1.51. The molecule has 1 saturated heterocycles. The van der Waals surface area contributed by atoms with Crippen molar-refractivity contribution < 1.29 is 9.53 Å². The molecule has 0 saturated carbocycles. The van der Waals surface area contributed by atoms with Crippen LogP contribution in [0.25, 0.3) is 0 Å². The van der Waals surface area contributed by atoms with Crippen LogP contribution in [0.15, 0.2) is 24.3 Å². The van der Waals surface area contributed by atoms with E-state index in [4.69, 9.17) is 4.74 Å². The Morgan fingerprint density at radius 1 is 1.30 bits per heavy atom. The number of likely N-dealkylation sites (N-methyl/N-ethyl adjacent to an activating group) is 1. The molecule has 1 fully saturated rings. The van der Waals surface area contributed by atoms with Crippen molar-refractivity contribution in [3.8, 4) is 0 Å². The van der Waals surface area contributed by atoms with Crippen LogP contribution in [-0.4, -0.2) is 61.6 Å². The minimum atomic E-state index is 0.124. The van der Waals surface area contributed by atoms with Crippen molar-refractivity contribution in [3.63, 3.8) is 0 Å². The van der Waals surface area contributed by atoms with E-state index < -0.39 is 0 Å². The number of carbonyl (C=O) groups is 1. The van der Waals surface area contributed by atoms with E-state index in [0.29, 0.717) is 12.6 Å². The molecule has 0 radical (unpaired) electrons. The van der Waals surface area contributed by atoms with Crippen LogP contribution in [0.2, 0.25) is 0 Å². The predicted molar refractivity (Wildman–Crippen MR) is 77.7 cm³/mol. The van der Waals surface area contributed by atoms with Crippen LogP contribution < -0.4 is 0 Å². The standard InChI is InChI=1S/C16H22N2O2/c1-17(6-7-18-8-9-20-12-16(18)19)15-10-13-4-2-3-5-14(13)11-15/h2-5,15H,6-12H2,1H3. The van der Waals surface area contributed by atoms with Gasteiger partial charge in [-0.15, -0.1) is 0 Å². The third-order valence-electron chi connectivity index (χ3n) is 4.46. The number of hydrogen-bond donors (Lipinski definition) is 0. The average Bonchev–Trinajstić information content (AvgIpc) is 2.90. The number of hydrogen-bond acceptors (Lipinski definition) is 3. The number of rotatable bonds is 4. The van der Waals surface area contributed by atoms with Gasteiger partial charge in [-0.3, -0.25) is 4.79 Å². The molecule has 2 aliphatic rings. The second-order valence-corrected chi connectivity index (χ2v) is 5.74. The fourth-order valence-electron chi connectivity index (χ4n) is 3.10. The molecule has 1 aromatic rings. The highest BCUT2D eigenvalue weighted by Gasteiger charge is 2.25. The quantitative estimate of drug-likeness (QED) is 0.819. The lowest BCUT2D eigenvalue weighted by atomic mass is 10.1. The van der Waals surface area contributed by atoms with Crippen LogP contribution in [0, 0.1) is 0 Å². The molecule has 1 heterocycles. The summed E-state index contributed by atoms with van der Waals surface area (Å²) in [6.07, 6.45) is 2.26. The van der Waals surface area contributed by atoms with Gasteiger partial charge in [-0.25, -0.2) is 0 Å². The molecule has 0 bridgehead atoms. The first-order valence-electron chi connectivity index (χ1n) is 7.36. The van der Waals surface area contributed by atoms with Crippen molar-refractivity contribution in [3.05, 3.63) is 35.4 Å². The molecule has 1 aliphatic heterocycles. The number of amides is 1. The van der Waals surface area contributed by atoms with Gasteiger partial charge >= 0.3 is 0 Å². The van der Waals surface area contributed by atoms with Gasteiger partial charge in [-0.1, -0.05) is 24.3 Å². The van der Waals surface area contributed by atoms with E-state index in [1.165, 1.54) is 11.1 Å². The van der Waals surface area contributed by atoms with Gasteiger partial charge in [0, 0.05) is 25.7 Å². The Hall–Kier alpha value is -1.39. The molecule has 4 nitrogen and oxygen atoms in total. The number of fused-ring (bicyclic) bond motifs is 1. The molecule has 1 aliphatic carbocycles. The lowest BCUT2D eigenvalue weighted by Crippen LogP contribution is -2.46. The zero-order chi connectivity index (χ0) is 13.9. The molecule has 0 aromatic heterocycles. The van der Waals surface area contributed by atoms with Gasteiger partial charge in [0.1, 0.15) is 6.61 Å². The molecule has 0 atom stereocenters. The molecule has 0 N–H and O–H groups in total. The highest BCUT2D eigenvalue weighted by molar-refractivity contribution is 5.77. The van der Waals surface area contributed by atoms with E-state index in [1.54, 1.807) is 0 Å². The van der Waals surface area contributed by atoms with Crippen LogP contribution in [0.3, 0.4) is 0 Å². The summed E-state index contributed by atoms with van der Waals surface area (Å²) in [4.78, 5) is 16.0. The zero-order valence-corrected chi connectivity index (χ0v) is 12.0. The van der Waals surface area contributed by atoms with Gasteiger partial charge in [0.15, 0.2) is 0 Å². The number of ether oxygens (including phenoxy) is 1. The van der Waals surface area contributed by atoms with Gasteiger partial charge < -0.3 is 14.5 Å². The minimum Gasteiger partial charge on any atom is -0.370 e. The highest BCUT2D eigenvalue weighted by atomic mass is 16.5. The van der Waals surface area contributed by atoms with Crippen LogP contribution in [0.1, 0.15) is 11.1 Å². The molecule has 4 heteroatoms. The number of nitrogens with zero attached hydrogens (tertiary/aromatic N) is 2. The van der Waals surface area contributed by atoms with Gasteiger partial charge in [-0.2, -0.15) is 0 Å². The maximum absolute atomic E-state index is 11.7. The Kier molecular flexibility index (Phi) is 4.03. The summed E-state index contributed by atoms with van der Waals surface area (Å²) in [6, 6.07) is 9.27. The monoisotopic (exact) mass is 274 g/mol. The Labute approximate surface area is 120 Å². The molecule has 1 aromatic carbocycles. The fraction of sp³-hybridized carbons (Fsp3) is 0.562. The first kappa shape index (κ1) is 13.6. The lowest BCUT2D eigenvalue weighted by Gasteiger charge is -2.30. The van der Waals surface area contributed by atoms with Crippen LogP contribution in [-0.2, 0) is 22.4 Å². The topological polar surface area (TPSA) is 32.8 Å². The lowest BCUT2D eigenvalue weighted by molar-refractivity contribution is -0.142. The summed E-state index contributed by atoms with van der Waals surface area (Å²) in [5.41, 5.74) is 2.96. The zero-order valence-electron chi connectivity index (χ0n) is 12.0. The molecule has 20 heavy (non-hydrogen) atoms. The second kappa shape index (κ2) is 5.94. The molecule has 108 valence electrons. The van der Waals surface area contributed by atoms with Gasteiger partial charge in [0.2, 0.25) is 5.91 Å². The average molecular weight is 274 g/mol. The number of morpholine rings is 1. The Bertz CT molecular complexity index is 464. The van der Waals surface area contributed by atoms with Gasteiger partial charge in [0.25, 0.3) is 0 Å². The van der Waals surface area contributed by atoms with Crippen LogP contribution in [0.5, 0.6) is 0 Å². The third-order valence-corrected chi connectivity index (χ3v) is 4.46. The molecule has 3 rings (SSSR count). The van der Waals surface area contributed by atoms with E-state index >= 15 is 0 Å². The summed E-state index contributed by atoms with van der Waals surface area (Å²) in [5, 5.41) is 0. The van der Waals surface area contributed by atoms with E-state index in [9.17, 15) is 4.79 Å². The third kappa shape index (κ3) is 2.86. The molecular weight excluding hydrogens is 252 g/mol. The van der Waals surface area contributed by atoms with Crippen molar-refractivity contribution in [2.45, 2.75) is 18.9 Å². The normalized spacial score (nSPS) is 19.7. The minimum absolute atomic E-state index is 0.124. The first-order valence-corrected chi connectivity index (χ1v) is 7.36. The summed E-state index contributed by atoms with van der Waals surface area (Å²) in [5.74, 6) is 0.124. The maximum atomic E-state index is 11.7. The van der Waals surface area contributed by atoms with Gasteiger partial charge in [-0.05, 0) is 31.0 Å². The SMILES string of the molecule is CN(CCN1CCOCC1=O)C1Cc2ccccc2C1. The van der Waals surface area contributed by atoms with E-state index in [1.807, 2.05) is 4.90 Å². The Morgan fingerprint density at radius 3 is 2.65 bits per heavy atom. The summed E-state index contributed by atoms with van der Waals surface area (Å²) < 4.78 is 5.16. The largest absolute Gasteiger partial charge is 0.370 e. The van der Waals surface area contributed by atoms with Crippen LogP contribution >= 0.6 is 0 Å². The summed E-state index contributed by atoms with van der Waals surface area (Å²) in [7, 11) is 2.17. The van der Waals surface area contributed by atoms with Gasteiger partial charge in [0.05, 0.1) is 6.61 Å². The summed E-state index contributed by atoms with van der Waals surface area (Å²) >= 11 is 0. The fourth-order valence-corrected chi connectivity index (χ4v) is 3.10. The van der Waals surface area contributed by atoms with Crippen molar-refractivity contribution >= 4 is 5.91 Å². The van der Waals surface area contributed by atoms with E-state index in [-0.39, 0.29) is 12.5 Å². The predicted octanol–water partition coefficient (Wildman–Crippen LogP) is 0.944. The van der Waals surface area contributed by atoms with E-state index in [0.717, 1.165) is 32.5 Å². The number of benzene rings is 1. The van der Waals surface area contributed by atoms with Crippen molar-refractivity contribution in [1.29, 1.82) is 0 Å². The van der Waals surface area contributed by atoms with Crippen molar-refractivity contribution in [2.24, 2.45) is 0 Å². The van der Waals surface area contributed by atoms with Crippen molar-refractivity contribution in [2.75, 3.05) is 39.9 Å². The van der Waals surface area contributed by atoms with E-state index in [2.05, 4.69) is 36.2 Å². The highest BCUT2D eigenvalue weighted by Crippen LogP contribution is 2.24. The molecule has 0 unspecified atom stereocenters. The molecule has 1 amide bonds. The molecule has 0 spiro atoms. The smallest absolute Gasteiger partial charge is 0.248 e. The Morgan fingerprint density at radius 2 is 2.00 bits per heavy atom. The first-order chi connectivity index (χ1) is 9.74. The maximum Gasteiger partial charge on any atom is 0.248 e. The van der Waals surface area contributed by atoms with Crippen molar-refractivity contribution in [1.82, 2.24) is 9.80 Å². The summed E-state index contributed by atoms with van der Waals surface area (Å²) in [6.45, 7) is 3.40. The van der Waals surface area contributed by atoms with Crippen LogP contribution in [0.4, 0.5) is 0 Å². The number of carbonyl (C=O) groups excluding carboxylic acids is 1.